The lowest BCUT2D eigenvalue weighted by Crippen LogP contribution is -2.54. The summed E-state index contributed by atoms with van der Waals surface area (Å²) in [6.45, 7) is 1.05. The van der Waals surface area contributed by atoms with E-state index in [9.17, 15) is 14.4 Å². The molecule has 1 aromatic carbocycles. The van der Waals surface area contributed by atoms with Crippen LogP contribution in [0.4, 0.5) is 5.69 Å². The predicted molar refractivity (Wildman–Crippen MR) is 147 cm³/mol. The number of hydrogen-bond acceptors (Lipinski definition) is 6. The molecule has 0 bridgehead atoms. The second-order valence-electron chi connectivity index (χ2n) is 10.7. The molecule has 1 saturated carbocycles. The Labute approximate surface area is 228 Å². The van der Waals surface area contributed by atoms with E-state index in [2.05, 4.69) is 10.6 Å². The average Bonchev–Trinajstić information content (AvgIpc) is 3.43. The molecule has 2 fully saturated rings. The van der Waals surface area contributed by atoms with Crippen LogP contribution in [0.1, 0.15) is 66.6 Å². The summed E-state index contributed by atoms with van der Waals surface area (Å²) in [4.78, 5) is 41.2. The summed E-state index contributed by atoms with van der Waals surface area (Å²) in [7, 11) is 1.79. The molecule has 0 unspecified atom stereocenters. The Balaban J connectivity index is 1.18. The van der Waals surface area contributed by atoms with Crippen LogP contribution in [0.25, 0.3) is 0 Å². The van der Waals surface area contributed by atoms with E-state index in [1.807, 2.05) is 17.5 Å². The number of fused-ring (bicyclic) bond motifs is 2. The van der Waals surface area contributed by atoms with Crippen molar-refractivity contribution < 1.29 is 23.9 Å². The summed E-state index contributed by atoms with van der Waals surface area (Å²) >= 11 is 1.54. The second kappa shape index (κ2) is 12.3. The van der Waals surface area contributed by atoms with Crippen molar-refractivity contribution in [3.63, 3.8) is 0 Å². The minimum Gasteiger partial charge on any atom is -0.490 e. The largest absolute Gasteiger partial charge is 0.490 e. The molecule has 2 aliphatic heterocycles. The van der Waals surface area contributed by atoms with Gasteiger partial charge < -0.3 is 25.0 Å². The summed E-state index contributed by atoms with van der Waals surface area (Å²) in [5.74, 6) is 0.797. The van der Waals surface area contributed by atoms with Gasteiger partial charge in [0.2, 0.25) is 11.8 Å². The van der Waals surface area contributed by atoms with Gasteiger partial charge in [-0.05, 0) is 61.2 Å². The van der Waals surface area contributed by atoms with Gasteiger partial charge in [-0.2, -0.15) is 0 Å². The zero-order chi connectivity index (χ0) is 26.5. The number of hydrogen-bond donors (Lipinski definition) is 2. The summed E-state index contributed by atoms with van der Waals surface area (Å²) in [6, 6.07) is 8.86. The first kappa shape index (κ1) is 26.7. The molecular formula is C29H37N3O5S. The fraction of sp³-hybridized carbons (Fsp3) is 0.552. The lowest BCUT2D eigenvalue weighted by Gasteiger charge is -2.42. The molecule has 204 valence electrons. The first-order chi connectivity index (χ1) is 18.5. The van der Waals surface area contributed by atoms with E-state index >= 15 is 0 Å². The van der Waals surface area contributed by atoms with Crippen molar-refractivity contribution in [2.75, 3.05) is 25.5 Å². The van der Waals surface area contributed by atoms with Crippen LogP contribution >= 0.6 is 11.3 Å². The van der Waals surface area contributed by atoms with E-state index in [1.54, 1.807) is 30.1 Å². The Morgan fingerprint density at radius 2 is 1.92 bits per heavy atom. The second-order valence-corrected chi connectivity index (χ2v) is 11.7. The fourth-order valence-electron chi connectivity index (χ4n) is 5.81. The van der Waals surface area contributed by atoms with Crippen molar-refractivity contribution in [1.29, 1.82) is 0 Å². The molecule has 3 amide bonds. The van der Waals surface area contributed by atoms with E-state index in [4.69, 9.17) is 9.47 Å². The van der Waals surface area contributed by atoms with Crippen molar-refractivity contribution >= 4 is 34.7 Å². The molecule has 2 N–H and O–H groups in total. The number of carbonyl (C=O) groups is 3. The zero-order valence-electron chi connectivity index (χ0n) is 21.9. The smallest absolute Gasteiger partial charge is 0.257 e. The number of thiophene rings is 1. The fourth-order valence-corrected chi connectivity index (χ4v) is 6.51. The molecule has 3 heterocycles. The minimum atomic E-state index is -0.313. The monoisotopic (exact) mass is 539 g/mol. The van der Waals surface area contributed by atoms with Gasteiger partial charge in [0.1, 0.15) is 18.5 Å². The van der Waals surface area contributed by atoms with Crippen LogP contribution in [-0.2, 0) is 20.7 Å². The summed E-state index contributed by atoms with van der Waals surface area (Å²) in [5.41, 5.74) is 0.982. The number of carbonyl (C=O) groups excluding carboxylic acids is 3. The number of nitrogens with one attached hydrogen (secondary N) is 2. The zero-order valence-corrected chi connectivity index (χ0v) is 22.8. The Kier molecular flexibility index (Phi) is 8.64. The third-order valence-corrected chi connectivity index (χ3v) is 8.81. The first-order valence-electron chi connectivity index (χ1n) is 13.7. The van der Waals surface area contributed by atoms with E-state index in [1.165, 1.54) is 43.4 Å². The molecule has 38 heavy (non-hydrogen) atoms. The number of likely N-dealkylation sites (N-methyl/N-ethyl adjacent to an activating group) is 1. The van der Waals surface area contributed by atoms with Gasteiger partial charge in [-0.15, -0.1) is 11.3 Å². The third kappa shape index (κ3) is 6.56. The Morgan fingerprint density at radius 3 is 2.71 bits per heavy atom. The van der Waals surface area contributed by atoms with E-state index in [0.29, 0.717) is 48.8 Å². The van der Waals surface area contributed by atoms with Gasteiger partial charge in [0.15, 0.2) is 0 Å². The SMILES string of the molecule is CN1C(=O)c2cc(NC(=O)Cc3cccs3)ccc2OC[C@H]2O[C@@H](CC(=O)NCC3CCCCC3)CC[C@@H]21. The molecule has 1 aliphatic carbocycles. The molecule has 3 aliphatic rings. The average molecular weight is 540 g/mol. The van der Waals surface area contributed by atoms with Gasteiger partial charge in [-0.25, -0.2) is 0 Å². The maximum atomic E-state index is 13.4. The van der Waals surface area contributed by atoms with Gasteiger partial charge in [0.05, 0.1) is 30.6 Å². The topological polar surface area (TPSA) is 97.0 Å². The highest BCUT2D eigenvalue weighted by Gasteiger charge is 2.39. The van der Waals surface area contributed by atoms with Crippen molar-refractivity contribution in [2.45, 2.75) is 76.0 Å². The normalized spacial score (nSPS) is 23.9. The molecular weight excluding hydrogens is 502 g/mol. The highest BCUT2D eigenvalue weighted by Crippen LogP contribution is 2.32. The van der Waals surface area contributed by atoms with Gasteiger partial charge in [-0.1, -0.05) is 25.3 Å². The first-order valence-corrected chi connectivity index (χ1v) is 14.6. The molecule has 2 aromatic rings. The lowest BCUT2D eigenvalue weighted by molar-refractivity contribution is -0.134. The van der Waals surface area contributed by atoms with Crippen LogP contribution in [0.2, 0.25) is 0 Å². The summed E-state index contributed by atoms with van der Waals surface area (Å²) < 4.78 is 12.4. The predicted octanol–water partition coefficient (Wildman–Crippen LogP) is 4.40. The van der Waals surface area contributed by atoms with Crippen LogP contribution in [0, 0.1) is 5.92 Å². The third-order valence-electron chi connectivity index (χ3n) is 7.94. The molecule has 1 saturated heterocycles. The van der Waals surface area contributed by atoms with Crippen LogP contribution in [-0.4, -0.2) is 61.1 Å². The van der Waals surface area contributed by atoms with Gasteiger partial charge in [0, 0.05) is 24.2 Å². The molecule has 5 rings (SSSR count). The maximum absolute atomic E-state index is 13.4. The van der Waals surface area contributed by atoms with Crippen LogP contribution in [0.15, 0.2) is 35.7 Å². The van der Waals surface area contributed by atoms with Crippen molar-refractivity contribution in [3.8, 4) is 5.75 Å². The van der Waals surface area contributed by atoms with Gasteiger partial charge >= 0.3 is 0 Å². The molecule has 1 aromatic heterocycles. The van der Waals surface area contributed by atoms with Crippen LogP contribution in [0.5, 0.6) is 5.75 Å². The van der Waals surface area contributed by atoms with Crippen LogP contribution < -0.4 is 15.4 Å². The molecule has 9 heteroatoms. The molecule has 0 radical (unpaired) electrons. The van der Waals surface area contributed by atoms with Crippen molar-refractivity contribution in [3.05, 3.63) is 46.2 Å². The number of nitrogens with zero attached hydrogens (tertiary/aromatic N) is 1. The lowest BCUT2D eigenvalue weighted by atomic mass is 9.89. The van der Waals surface area contributed by atoms with Crippen molar-refractivity contribution in [1.82, 2.24) is 10.2 Å². The molecule has 0 spiro atoms. The van der Waals surface area contributed by atoms with Crippen LogP contribution in [0.3, 0.4) is 0 Å². The van der Waals surface area contributed by atoms with Gasteiger partial charge in [-0.3, -0.25) is 14.4 Å². The Hall–Kier alpha value is -2.91. The minimum absolute atomic E-state index is 0.0363. The number of benzene rings is 1. The van der Waals surface area contributed by atoms with E-state index in [0.717, 1.165) is 17.8 Å². The van der Waals surface area contributed by atoms with Crippen molar-refractivity contribution in [2.24, 2.45) is 5.92 Å². The Morgan fingerprint density at radius 1 is 1.08 bits per heavy atom. The quantitative estimate of drug-likeness (QED) is 0.544. The number of anilines is 1. The molecule has 8 nitrogen and oxygen atoms in total. The number of amides is 3. The highest BCUT2D eigenvalue weighted by molar-refractivity contribution is 7.10. The van der Waals surface area contributed by atoms with Gasteiger partial charge in [0.25, 0.3) is 5.91 Å². The maximum Gasteiger partial charge on any atom is 0.257 e. The van der Waals surface area contributed by atoms with E-state index in [-0.39, 0.29) is 36.0 Å². The number of ether oxygens (including phenoxy) is 2. The standard InChI is InChI=1S/C29H37N3O5S/c1-32-24-11-10-21(15-27(33)30-17-19-6-3-2-4-7-19)37-26(24)18-36-25-12-9-20(14-23(25)29(32)35)31-28(34)16-22-8-5-13-38-22/h5,8-9,12-14,19,21,24,26H,2-4,6-7,10-11,15-18H2,1H3,(H,30,33)(H,31,34)/t21-,24+,26-/m1/s1. The number of rotatable bonds is 7. The summed E-state index contributed by atoms with van der Waals surface area (Å²) in [6.07, 6.45) is 7.80. The summed E-state index contributed by atoms with van der Waals surface area (Å²) in [5, 5.41) is 7.94. The highest BCUT2D eigenvalue weighted by atomic mass is 32.1. The Bertz CT molecular complexity index is 1130. The molecule has 3 atom stereocenters. The van der Waals surface area contributed by atoms with E-state index < -0.39 is 0 Å².